The van der Waals surface area contributed by atoms with E-state index in [0.29, 0.717) is 5.75 Å². The van der Waals surface area contributed by atoms with Gasteiger partial charge >= 0.3 is 5.97 Å². The van der Waals surface area contributed by atoms with Gasteiger partial charge in [0, 0.05) is 0 Å². The molecule has 1 heterocycles. The SMILES string of the molecule is COC(=O)c1c(C)oc(C)c1S(=O)(=O)Nc1ccccc1OC. The normalized spacial score (nSPS) is 11.1. The molecule has 1 aromatic heterocycles. The molecule has 0 aliphatic carbocycles. The monoisotopic (exact) mass is 339 g/mol. The lowest BCUT2D eigenvalue weighted by molar-refractivity contribution is 0.0595. The first-order chi connectivity index (χ1) is 10.8. The number of esters is 1. The van der Waals surface area contributed by atoms with Crippen LogP contribution in [0.25, 0.3) is 0 Å². The number of aryl methyl sites for hydroxylation is 2. The second-order valence-electron chi connectivity index (χ2n) is 4.72. The minimum atomic E-state index is -4.07. The number of methoxy groups -OCH3 is 2. The number of carbonyl (C=O) groups is 1. The van der Waals surface area contributed by atoms with Gasteiger partial charge in [0.05, 0.1) is 19.9 Å². The van der Waals surface area contributed by atoms with Crippen molar-refractivity contribution in [3.63, 3.8) is 0 Å². The Kier molecular flexibility index (Phi) is 4.65. The second-order valence-corrected chi connectivity index (χ2v) is 6.34. The number of hydrogen-bond donors (Lipinski definition) is 1. The van der Waals surface area contributed by atoms with Crippen molar-refractivity contribution in [2.75, 3.05) is 18.9 Å². The van der Waals surface area contributed by atoms with Crippen LogP contribution < -0.4 is 9.46 Å². The van der Waals surface area contributed by atoms with Gasteiger partial charge in [0.25, 0.3) is 10.0 Å². The highest BCUT2D eigenvalue weighted by molar-refractivity contribution is 7.92. The Hall–Kier alpha value is -2.48. The summed E-state index contributed by atoms with van der Waals surface area (Å²) in [7, 11) is -1.46. The molecule has 0 aliphatic rings. The largest absolute Gasteiger partial charge is 0.495 e. The van der Waals surface area contributed by atoms with E-state index in [-0.39, 0.29) is 27.7 Å². The minimum absolute atomic E-state index is 0.102. The molecule has 124 valence electrons. The quantitative estimate of drug-likeness (QED) is 0.841. The number of nitrogens with one attached hydrogen (secondary N) is 1. The van der Waals surface area contributed by atoms with Gasteiger partial charge in [0.2, 0.25) is 0 Å². The highest BCUT2D eigenvalue weighted by atomic mass is 32.2. The van der Waals surface area contributed by atoms with E-state index in [2.05, 4.69) is 9.46 Å². The first-order valence-electron chi connectivity index (χ1n) is 6.66. The molecule has 0 saturated carbocycles. The van der Waals surface area contributed by atoms with Gasteiger partial charge in [0.1, 0.15) is 27.7 Å². The fraction of sp³-hybridized carbons (Fsp3) is 0.267. The summed E-state index contributed by atoms with van der Waals surface area (Å²) in [4.78, 5) is 11.6. The van der Waals surface area contributed by atoms with Crippen LogP contribution in [0.3, 0.4) is 0 Å². The number of hydrogen-bond acceptors (Lipinski definition) is 6. The molecule has 0 amide bonds. The van der Waals surface area contributed by atoms with Crippen LogP contribution >= 0.6 is 0 Å². The fourth-order valence-electron chi connectivity index (χ4n) is 2.25. The van der Waals surface area contributed by atoms with Crippen molar-refractivity contribution in [1.82, 2.24) is 0 Å². The zero-order valence-corrected chi connectivity index (χ0v) is 14.0. The zero-order valence-electron chi connectivity index (χ0n) is 13.2. The molecule has 8 heteroatoms. The Balaban J connectivity index is 2.55. The number of sulfonamides is 1. The number of ether oxygens (including phenoxy) is 2. The van der Waals surface area contributed by atoms with E-state index >= 15 is 0 Å². The van der Waals surface area contributed by atoms with Crippen LogP contribution in [-0.2, 0) is 14.8 Å². The molecule has 1 N–H and O–H groups in total. The van der Waals surface area contributed by atoms with Gasteiger partial charge in [-0.05, 0) is 26.0 Å². The van der Waals surface area contributed by atoms with E-state index < -0.39 is 16.0 Å². The van der Waals surface area contributed by atoms with Gasteiger partial charge < -0.3 is 13.9 Å². The van der Waals surface area contributed by atoms with Crippen molar-refractivity contribution < 1.29 is 27.1 Å². The lowest BCUT2D eigenvalue weighted by Crippen LogP contribution is -2.18. The van der Waals surface area contributed by atoms with E-state index in [1.165, 1.54) is 28.1 Å². The van der Waals surface area contributed by atoms with Crippen molar-refractivity contribution in [3.05, 3.63) is 41.3 Å². The van der Waals surface area contributed by atoms with E-state index in [0.717, 1.165) is 0 Å². The van der Waals surface area contributed by atoms with Crippen molar-refractivity contribution >= 4 is 21.7 Å². The molecule has 0 saturated heterocycles. The first kappa shape index (κ1) is 16.9. The van der Waals surface area contributed by atoms with Gasteiger partial charge in [-0.1, -0.05) is 12.1 Å². The minimum Gasteiger partial charge on any atom is -0.495 e. The molecule has 0 atom stereocenters. The summed E-state index contributed by atoms with van der Waals surface area (Å²) in [5, 5.41) is 0. The maximum atomic E-state index is 12.7. The summed E-state index contributed by atoms with van der Waals surface area (Å²) < 4.78 is 42.9. The summed E-state index contributed by atoms with van der Waals surface area (Å²) in [5.74, 6) is -0.145. The summed E-state index contributed by atoms with van der Waals surface area (Å²) >= 11 is 0. The summed E-state index contributed by atoms with van der Waals surface area (Å²) in [6.45, 7) is 2.97. The molecular weight excluding hydrogens is 322 g/mol. The Morgan fingerprint density at radius 2 is 1.78 bits per heavy atom. The predicted molar refractivity (Wildman–Crippen MR) is 83.3 cm³/mol. The number of rotatable bonds is 5. The third kappa shape index (κ3) is 3.16. The molecule has 2 rings (SSSR count). The standard InChI is InChI=1S/C15H17NO6S/c1-9-13(15(17)21-4)14(10(2)22-9)23(18,19)16-11-7-5-6-8-12(11)20-3/h5-8,16H,1-4H3. The smallest absolute Gasteiger partial charge is 0.342 e. The lowest BCUT2D eigenvalue weighted by Gasteiger charge is -2.12. The Labute approximate surface area is 134 Å². The van der Waals surface area contributed by atoms with E-state index in [9.17, 15) is 13.2 Å². The molecule has 7 nitrogen and oxygen atoms in total. The highest BCUT2D eigenvalue weighted by Crippen LogP contribution is 2.31. The van der Waals surface area contributed by atoms with Gasteiger partial charge in [-0.2, -0.15) is 0 Å². The average molecular weight is 339 g/mol. The zero-order chi connectivity index (χ0) is 17.2. The van der Waals surface area contributed by atoms with E-state index in [1.807, 2.05) is 0 Å². The van der Waals surface area contributed by atoms with Crippen LogP contribution in [0.5, 0.6) is 5.75 Å². The predicted octanol–water partition coefficient (Wildman–Crippen LogP) is 2.49. The maximum absolute atomic E-state index is 12.7. The average Bonchev–Trinajstić information content (AvgIpc) is 2.81. The van der Waals surface area contributed by atoms with Crippen LogP contribution in [0.4, 0.5) is 5.69 Å². The molecule has 23 heavy (non-hydrogen) atoms. The second kappa shape index (κ2) is 6.33. The third-order valence-corrected chi connectivity index (χ3v) is 4.73. The molecule has 0 radical (unpaired) electrons. The van der Waals surface area contributed by atoms with Gasteiger partial charge in [-0.3, -0.25) is 4.72 Å². The van der Waals surface area contributed by atoms with Crippen LogP contribution in [0, 0.1) is 13.8 Å². The van der Waals surface area contributed by atoms with E-state index in [4.69, 9.17) is 9.15 Å². The fourth-order valence-corrected chi connectivity index (χ4v) is 3.73. The number of anilines is 1. The molecule has 0 fully saturated rings. The number of benzene rings is 1. The molecule has 0 bridgehead atoms. The summed E-state index contributed by atoms with van der Waals surface area (Å²) in [6, 6.07) is 6.54. The van der Waals surface area contributed by atoms with Crippen molar-refractivity contribution in [1.29, 1.82) is 0 Å². The van der Waals surface area contributed by atoms with Crippen molar-refractivity contribution in [3.8, 4) is 5.75 Å². The molecule has 2 aromatic rings. The highest BCUT2D eigenvalue weighted by Gasteiger charge is 2.32. The van der Waals surface area contributed by atoms with Gasteiger partial charge in [0.15, 0.2) is 0 Å². The van der Waals surface area contributed by atoms with Gasteiger partial charge in [-0.15, -0.1) is 0 Å². The van der Waals surface area contributed by atoms with Crippen LogP contribution in [0.1, 0.15) is 21.9 Å². The topological polar surface area (TPSA) is 94.8 Å². The molecule has 0 unspecified atom stereocenters. The molecule has 1 aromatic carbocycles. The van der Waals surface area contributed by atoms with Gasteiger partial charge in [-0.25, -0.2) is 13.2 Å². The van der Waals surface area contributed by atoms with Crippen molar-refractivity contribution in [2.24, 2.45) is 0 Å². The first-order valence-corrected chi connectivity index (χ1v) is 8.14. The molecule has 0 spiro atoms. The summed E-state index contributed by atoms with van der Waals surface area (Å²) in [6.07, 6.45) is 0. The number of furan rings is 1. The van der Waals surface area contributed by atoms with Crippen LogP contribution in [0.15, 0.2) is 33.6 Å². The molecule has 0 aliphatic heterocycles. The number of para-hydroxylation sites is 2. The maximum Gasteiger partial charge on any atom is 0.342 e. The van der Waals surface area contributed by atoms with E-state index in [1.54, 1.807) is 24.3 Å². The Morgan fingerprint density at radius 3 is 2.39 bits per heavy atom. The van der Waals surface area contributed by atoms with Crippen LogP contribution in [0.2, 0.25) is 0 Å². The van der Waals surface area contributed by atoms with Crippen LogP contribution in [-0.4, -0.2) is 28.6 Å². The Bertz CT molecular complexity index is 838. The van der Waals surface area contributed by atoms with Crippen molar-refractivity contribution in [2.45, 2.75) is 18.7 Å². The molecular formula is C15H17NO6S. The lowest BCUT2D eigenvalue weighted by atomic mass is 10.2. The third-order valence-electron chi connectivity index (χ3n) is 3.21. The Morgan fingerprint density at radius 1 is 1.13 bits per heavy atom. The summed E-state index contributed by atoms with van der Waals surface area (Å²) in [5.41, 5.74) is 0.136. The number of carbonyl (C=O) groups excluding carboxylic acids is 1.